The molecule has 0 aromatic heterocycles. The first kappa shape index (κ1) is 6.45. The molecule has 0 heteroatoms. The van der Waals surface area contributed by atoms with E-state index in [2.05, 4.69) is 12.7 Å². The van der Waals surface area contributed by atoms with Crippen molar-refractivity contribution in [3.8, 4) is 0 Å². The SMILES string of the molecule is C=CC[C]1CC2CCC1C2. The van der Waals surface area contributed by atoms with Crippen molar-refractivity contribution in [3.05, 3.63) is 18.6 Å². The summed E-state index contributed by atoms with van der Waals surface area (Å²) in [6.07, 6.45) is 9.18. The Labute approximate surface area is 63.3 Å². The molecule has 2 aliphatic carbocycles. The minimum Gasteiger partial charge on any atom is -0.103 e. The van der Waals surface area contributed by atoms with Gasteiger partial charge in [0.2, 0.25) is 0 Å². The van der Waals surface area contributed by atoms with Crippen LogP contribution in [0.5, 0.6) is 0 Å². The van der Waals surface area contributed by atoms with Crippen molar-refractivity contribution in [1.29, 1.82) is 0 Å². The average Bonchev–Trinajstić information content (AvgIpc) is 2.48. The highest BCUT2D eigenvalue weighted by atomic mass is 14.4. The monoisotopic (exact) mass is 135 g/mol. The van der Waals surface area contributed by atoms with Crippen molar-refractivity contribution >= 4 is 0 Å². The van der Waals surface area contributed by atoms with Crippen molar-refractivity contribution < 1.29 is 0 Å². The lowest BCUT2D eigenvalue weighted by molar-refractivity contribution is 0.501. The van der Waals surface area contributed by atoms with E-state index >= 15 is 0 Å². The molecule has 0 amide bonds. The summed E-state index contributed by atoms with van der Waals surface area (Å²) in [5.41, 5.74) is 0. The molecule has 0 aromatic rings. The van der Waals surface area contributed by atoms with E-state index in [4.69, 9.17) is 0 Å². The lowest BCUT2D eigenvalue weighted by Crippen LogP contribution is -2.06. The molecule has 2 unspecified atom stereocenters. The molecule has 2 bridgehead atoms. The Morgan fingerprint density at radius 3 is 2.90 bits per heavy atom. The molecule has 0 aromatic carbocycles. The zero-order valence-corrected chi connectivity index (χ0v) is 6.47. The first-order valence-corrected chi connectivity index (χ1v) is 4.35. The van der Waals surface area contributed by atoms with Crippen LogP contribution in [0.2, 0.25) is 0 Å². The van der Waals surface area contributed by atoms with Gasteiger partial charge in [0.15, 0.2) is 0 Å². The Kier molecular flexibility index (Phi) is 1.55. The average molecular weight is 135 g/mol. The molecule has 0 aliphatic heterocycles. The minimum absolute atomic E-state index is 1.00. The van der Waals surface area contributed by atoms with Gasteiger partial charge in [-0.25, -0.2) is 0 Å². The van der Waals surface area contributed by atoms with Gasteiger partial charge >= 0.3 is 0 Å². The van der Waals surface area contributed by atoms with E-state index in [0.29, 0.717) is 0 Å². The third-order valence-corrected chi connectivity index (χ3v) is 3.08. The third-order valence-electron chi connectivity index (χ3n) is 3.08. The van der Waals surface area contributed by atoms with Gasteiger partial charge in [-0.1, -0.05) is 12.5 Å². The number of allylic oxidation sites excluding steroid dienone is 1. The number of fused-ring (bicyclic) bond motifs is 2. The van der Waals surface area contributed by atoms with Crippen LogP contribution in [0.15, 0.2) is 12.7 Å². The Morgan fingerprint density at radius 2 is 2.40 bits per heavy atom. The van der Waals surface area contributed by atoms with E-state index in [9.17, 15) is 0 Å². The lowest BCUT2D eigenvalue weighted by atomic mass is 9.87. The van der Waals surface area contributed by atoms with E-state index in [1.54, 1.807) is 5.92 Å². The van der Waals surface area contributed by atoms with Crippen LogP contribution in [0.25, 0.3) is 0 Å². The molecule has 55 valence electrons. The number of hydrogen-bond acceptors (Lipinski definition) is 0. The largest absolute Gasteiger partial charge is 0.103 e. The topological polar surface area (TPSA) is 0 Å². The molecule has 2 fully saturated rings. The quantitative estimate of drug-likeness (QED) is 0.511. The van der Waals surface area contributed by atoms with Gasteiger partial charge < -0.3 is 0 Å². The van der Waals surface area contributed by atoms with E-state index in [1.807, 2.05) is 0 Å². The van der Waals surface area contributed by atoms with Crippen LogP contribution in [-0.4, -0.2) is 0 Å². The highest BCUT2D eigenvalue weighted by molar-refractivity contribution is 5.11. The number of hydrogen-bond donors (Lipinski definition) is 0. The molecule has 1 radical (unpaired) electrons. The summed E-state index contributed by atoms with van der Waals surface area (Å²) in [6.45, 7) is 3.79. The maximum Gasteiger partial charge on any atom is -0.0170 e. The zero-order chi connectivity index (χ0) is 6.97. The normalized spacial score (nSPS) is 38.8. The molecule has 0 spiro atoms. The fourth-order valence-corrected chi connectivity index (χ4v) is 2.60. The van der Waals surface area contributed by atoms with E-state index in [0.717, 1.165) is 11.8 Å². The Morgan fingerprint density at radius 1 is 1.50 bits per heavy atom. The zero-order valence-electron chi connectivity index (χ0n) is 6.47. The summed E-state index contributed by atoms with van der Waals surface area (Å²) in [5.74, 6) is 3.87. The summed E-state index contributed by atoms with van der Waals surface area (Å²) < 4.78 is 0. The molecule has 0 nitrogen and oxygen atoms in total. The first-order valence-electron chi connectivity index (χ1n) is 4.35. The molecule has 2 atom stereocenters. The van der Waals surface area contributed by atoms with E-state index < -0.39 is 0 Å². The molecule has 0 N–H and O–H groups in total. The molecule has 0 heterocycles. The van der Waals surface area contributed by atoms with Gasteiger partial charge in [0.1, 0.15) is 0 Å². The minimum atomic E-state index is 1.00. The van der Waals surface area contributed by atoms with Crippen LogP contribution in [0.1, 0.15) is 32.1 Å². The van der Waals surface area contributed by atoms with Crippen molar-refractivity contribution in [3.63, 3.8) is 0 Å². The summed E-state index contributed by atoms with van der Waals surface area (Å²) in [4.78, 5) is 0. The Hall–Kier alpha value is -0.260. The molecule has 2 rings (SSSR count). The maximum atomic E-state index is 3.79. The van der Waals surface area contributed by atoms with Crippen LogP contribution >= 0.6 is 0 Å². The van der Waals surface area contributed by atoms with Crippen molar-refractivity contribution in [2.24, 2.45) is 11.8 Å². The molecular formula is C10H15. The predicted octanol–water partition coefficient (Wildman–Crippen LogP) is 2.96. The fourth-order valence-electron chi connectivity index (χ4n) is 2.60. The third kappa shape index (κ3) is 0.902. The second-order valence-electron chi connectivity index (χ2n) is 3.73. The summed E-state index contributed by atoms with van der Waals surface area (Å²) in [5, 5.41) is 0. The van der Waals surface area contributed by atoms with Crippen molar-refractivity contribution in [2.45, 2.75) is 32.1 Å². The maximum absolute atomic E-state index is 3.79. The second kappa shape index (κ2) is 2.41. The molecular weight excluding hydrogens is 120 g/mol. The highest BCUT2D eigenvalue weighted by Crippen LogP contribution is 2.50. The van der Waals surface area contributed by atoms with Gasteiger partial charge in [-0.05, 0) is 43.4 Å². The number of rotatable bonds is 2. The van der Waals surface area contributed by atoms with Gasteiger partial charge in [0, 0.05) is 0 Å². The molecule has 2 saturated carbocycles. The molecule has 10 heavy (non-hydrogen) atoms. The standard InChI is InChI=1S/C10H15/c1-2-3-9-6-8-4-5-10(9)7-8/h2,8,10H,1,3-7H2. The predicted molar refractivity (Wildman–Crippen MR) is 43.5 cm³/mol. The second-order valence-corrected chi connectivity index (χ2v) is 3.73. The van der Waals surface area contributed by atoms with Crippen molar-refractivity contribution in [2.75, 3.05) is 0 Å². The molecule has 2 aliphatic rings. The van der Waals surface area contributed by atoms with Crippen LogP contribution in [0.4, 0.5) is 0 Å². The smallest absolute Gasteiger partial charge is 0.0170 e. The van der Waals surface area contributed by atoms with Gasteiger partial charge in [-0.3, -0.25) is 0 Å². The van der Waals surface area contributed by atoms with E-state index in [-0.39, 0.29) is 0 Å². The summed E-state index contributed by atoms with van der Waals surface area (Å²) in [7, 11) is 0. The van der Waals surface area contributed by atoms with Gasteiger partial charge in [-0.2, -0.15) is 0 Å². The van der Waals surface area contributed by atoms with Gasteiger partial charge in [0.05, 0.1) is 0 Å². The van der Waals surface area contributed by atoms with Crippen LogP contribution < -0.4 is 0 Å². The lowest BCUT2D eigenvalue weighted by Gasteiger charge is -2.18. The Balaban J connectivity index is 1.95. The van der Waals surface area contributed by atoms with Gasteiger partial charge in [-0.15, -0.1) is 6.58 Å². The van der Waals surface area contributed by atoms with Crippen LogP contribution in [0.3, 0.4) is 0 Å². The highest BCUT2D eigenvalue weighted by Gasteiger charge is 2.38. The summed E-state index contributed by atoms with van der Waals surface area (Å²) >= 11 is 0. The van der Waals surface area contributed by atoms with Crippen LogP contribution in [-0.2, 0) is 0 Å². The first-order chi connectivity index (χ1) is 4.90. The fraction of sp³-hybridized carbons (Fsp3) is 0.700. The van der Waals surface area contributed by atoms with Crippen molar-refractivity contribution in [1.82, 2.24) is 0 Å². The molecule has 0 saturated heterocycles. The van der Waals surface area contributed by atoms with Gasteiger partial charge in [0.25, 0.3) is 0 Å². The summed E-state index contributed by atoms with van der Waals surface area (Å²) in [6, 6.07) is 0. The van der Waals surface area contributed by atoms with E-state index in [1.165, 1.54) is 32.1 Å². The van der Waals surface area contributed by atoms with Crippen LogP contribution in [0, 0.1) is 17.8 Å². The Bertz CT molecular complexity index is 137.